The molecular weight excluding hydrogens is 284 g/mol. The van der Waals surface area contributed by atoms with E-state index in [2.05, 4.69) is 5.32 Å². The minimum atomic E-state index is -0.964. The summed E-state index contributed by atoms with van der Waals surface area (Å²) in [6.07, 6.45) is 0. The zero-order valence-electron chi connectivity index (χ0n) is 10.5. The Labute approximate surface area is 117 Å². The number of nitrogens with zero attached hydrogens (tertiary/aromatic N) is 1. The number of non-ortho nitro benzene ring substituents is 1. The van der Waals surface area contributed by atoms with Crippen LogP contribution in [0.15, 0.2) is 36.4 Å². The van der Waals surface area contributed by atoms with Gasteiger partial charge in [-0.2, -0.15) is 0 Å². The van der Waals surface area contributed by atoms with Crippen molar-refractivity contribution in [2.75, 3.05) is 11.1 Å². The molecule has 1 amide bonds. The van der Waals surface area contributed by atoms with E-state index in [4.69, 9.17) is 5.73 Å². The van der Waals surface area contributed by atoms with Gasteiger partial charge in [-0.15, -0.1) is 0 Å². The summed E-state index contributed by atoms with van der Waals surface area (Å²) in [7, 11) is 0. The van der Waals surface area contributed by atoms with Crippen molar-refractivity contribution in [3.63, 3.8) is 0 Å². The van der Waals surface area contributed by atoms with E-state index in [0.29, 0.717) is 6.07 Å². The lowest BCUT2D eigenvalue weighted by Crippen LogP contribution is -2.13. The van der Waals surface area contributed by atoms with Crippen molar-refractivity contribution in [1.82, 2.24) is 0 Å². The molecule has 0 saturated carbocycles. The highest BCUT2D eigenvalue weighted by Gasteiger charge is 2.14. The molecule has 3 N–H and O–H groups in total. The molecule has 0 aliphatic carbocycles. The predicted molar refractivity (Wildman–Crippen MR) is 71.8 cm³/mol. The van der Waals surface area contributed by atoms with Crippen LogP contribution in [-0.2, 0) is 0 Å². The summed E-state index contributed by atoms with van der Waals surface area (Å²) in [4.78, 5) is 21.5. The van der Waals surface area contributed by atoms with E-state index in [1.807, 2.05) is 0 Å². The highest BCUT2D eigenvalue weighted by atomic mass is 19.1. The van der Waals surface area contributed by atoms with Gasteiger partial charge in [0.1, 0.15) is 5.82 Å². The molecule has 0 aliphatic heterocycles. The third kappa shape index (κ3) is 3.11. The quantitative estimate of drug-likeness (QED) is 0.516. The fraction of sp³-hybridized carbons (Fsp3) is 0. The van der Waals surface area contributed by atoms with Gasteiger partial charge in [0.05, 0.1) is 22.4 Å². The molecule has 0 saturated heterocycles. The number of hydrogen-bond acceptors (Lipinski definition) is 4. The molecule has 8 heteroatoms. The van der Waals surface area contributed by atoms with Crippen LogP contribution < -0.4 is 11.1 Å². The molecule has 0 heterocycles. The van der Waals surface area contributed by atoms with Crippen LogP contribution in [0.3, 0.4) is 0 Å². The number of carbonyl (C=O) groups excluding carboxylic acids is 1. The molecule has 0 unspecified atom stereocenters. The molecule has 0 aromatic heterocycles. The van der Waals surface area contributed by atoms with Crippen LogP contribution in [0.5, 0.6) is 0 Å². The molecule has 21 heavy (non-hydrogen) atoms. The summed E-state index contributed by atoms with van der Waals surface area (Å²) in [5, 5.41) is 12.7. The van der Waals surface area contributed by atoms with Gasteiger partial charge in [-0.1, -0.05) is 0 Å². The first-order valence-corrected chi connectivity index (χ1v) is 5.69. The fourth-order valence-corrected chi connectivity index (χ4v) is 1.58. The first-order chi connectivity index (χ1) is 9.88. The summed E-state index contributed by atoms with van der Waals surface area (Å²) in [6, 6.07) is 6.17. The van der Waals surface area contributed by atoms with Crippen LogP contribution in [0.25, 0.3) is 0 Å². The second-order valence-corrected chi connectivity index (χ2v) is 4.11. The van der Waals surface area contributed by atoms with Gasteiger partial charge in [0.2, 0.25) is 0 Å². The summed E-state index contributed by atoms with van der Waals surface area (Å²) < 4.78 is 26.9. The summed E-state index contributed by atoms with van der Waals surface area (Å²) in [5.41, 5.74) is 4.42. The Morgan fingerprint density at radius 1 is 1.14 bits per heavy atom. The molecule has 0 atom stereocenters. The Balaban J connectivity index is 2.23. The summed E-state index contributed by atoms with van der Waals surface area (Å²) >= 11 is 0. The SMILES string of the molecule is Nc1ccc(C(=O)Nc2ccc([N+](=O)[O-])cc2F)cc1F. The fourth-order valence-electron chi connectivity index (χ4n) is 1.58. The molecule has 2 aromatic carbocycles. The number of halogens is 2. The Bertz CT molecular complexity index is 735. The van der Waals surface area contributed by atoms with Crippen LogP contribution in [-0.4, -0.2) is 10.8 Å². The number of amides is 1. The van der Waals surface area contributed by atoms with Gasteiger partial charge >= 0.3 is 0 Å². The van der Waals surface area contributed by atoms with Crippen molar-refractivity contribution < 1.29 is 18.5 Å². The maximum atomic E-state index is 13.6. The lowest BCUT2D eigenvalue weighted by molar-refractivity contribution is -0.385. The van der Waals surface area contributed by atoms with Crippen molar-refractivity contribution in [2.45, 2.75) is 0 Å². The second kappa shape index (κ2) is 5.53. The van der Waals surface area contributed by atoms with Crippen LogP contribution in [0.2, 0.25) is 0 Å². The molecule has 0 bridgehead atoms. The van der Waals surface area contributed by atoms with Gasteiger partial charge in [0.15, 0.2) is 5.82 Å². The first-order valence-electron chi connectivity index (χ1n) is 5.69. The summed E-state index contributed by atoms with van der Waals surface area (Å²) in [5.74, 6) is -2.50. The second-order valence-electron chi connectivity index (χ2n) is 4.11. The average molecular weight is 293 g/mol. The standard InChI is InChI=1S/C13H9F2N3O3/c14-9-5-7(1-3-11(9)16)13(19)17-12-4-2-8(18(20)21)6-10(12)15/h1-6H,16H2,(H,17,19). The zero-order valence-corrected chi connectivity index (χ0v) is 10.5. The molecular formula is C13H9F2N3O3. The van der Waals surface area contributed by atoms with Crippen LogP contribution in [0.1, 0.15) is 10.4 Å². The number of nitro groups is 1. The molecule has 0 radical (unpaired) electrons. The van der Waals surface area contributed by atoms with Crippen molar-refractivity contribution in [2.24, 2.45) is 0 Å². The van der Waals surface area contributed by atoms with Crippen LogP contribution in [0, 0.1) is 21.7 Å². The van der Waals surface area contributed by atoms with Crippen LogP contribution >= 0.6 is 0 Å². The molecule has 2 rings (SSSR count). The topological polar surface area (TPSA) is 98.3 Å². The predicted octanol–water partition coefficient (Wildman–Crippen LogP) is 2.71. The lowest BCUT2D eigenvalue weighted by Gasteiger charge is -2.07. The minimum absolute atomic E-state index is 0.0561. The molecule has 2 aromatic rings. The van der Waals surface area contributed by atoms with Crippen molar-refractivity contribution >= 4 is 23.0 Å². The number of benzene rings is 2. The van der Waals surface area contributed by atoms with Gasteiger partial charge in [0.25, 0.3) is 11.6 Å². The number of hydrogen-bond donors (Lipinski definition) is 2. The number of anilines is 2. The van der Waals surface area contributed by atoms with E-state index in [9.17, 15) is 23.7 Å². The Morgan fingerprint density at radius 3 is 2.43 bits per heavy atom. The number of nitrogen functional groups attached to an aromatic ring is 1. The molecule has 108 valence electrons. The van der Waals surface area contributed by atoms with E-state index in [1.54, 1.807) is 0 Å². The van der Waals surface area contributed by atoms with Crippen molar-refractivity contribution in [3.8, 4) is 0 Å². The van der Waals surface area contributed by atoms with E-state index < -0.39 is 28.2 Å². The van der Waals surface area contributed by atoms with E-state index in [0.717, 1.165) is 18.2 Å². The smallest absolute Gasteiger partial charge is 0.272 e. The van der Waals surface area contributed by atoms with Crippen LogP contribution in [0.4, 0.5) is 25.8 Å². The normalized spacial score (nSPS) is 10.2. The molecule has 0 spiro atoms. The van der Waals surface area contributed by atoms with E-state index in [1.165, 1.54) is 12.1 Å². The number of carbonyl (C=O) groups is 1. The number of nitro benzene ring substituents is 1. The minimum Gasteiger partial charge on any atom is -0.396 e. The highest BCUT2D eigenvalue weighted by molar-refractivity contribution is 6.04. The Morgan fingerprint density at radius 2 is 1.86 bits per heavy atom. The van der Waals surface area contributed by atoms with Crippen molar-refractivity contribution in [3.05, 3.63) is 63.7 Å². The largest absolute Gasteiger partial charge is 0.396 e. The molecule has 0 fully saturated rings. The van der Waals surface area contributed by atoms with Crippen molar-refractivity contribution in [1.29, 1.82) is 0 Å². The zero-order chi connectivity index (χ0) is 15.6. The first kappa shape index (κ1) is 14.4. The number of nitrogens with two attached hydrogens (primary N) is 1. The van der Waals surface area contributed by atoms with Gasteiger partial charge in [-0.05, 0) is 24.3 Å². The van der Waals surface area contributed by atoms with Gasteiger partial charge in [0, 0.05) is 11.6 Å². The number of nitrogens with one attached hydrogen (secondary N) is 1. The maximum Gasteiger partial charge on any atom is 0.272 e. The number of rotatable bonds is 3. The highest BCUT2D eigenvalue weighted by Crippen LogP contribution is 2.21. The maximum absolute atomic E-state index is 13.6. The molecule has 0 aliphatic rings. The van der Waals surface area contributed by atoms with Gasteiger partial charge < -0.3 is 11.1 Å². The van der Waals surface area contributed by atoms with E-state index in [-0.39, 0.29) is 16.9 Å². The monoisotopic (exact) mass is 293 g/mol. The Kier molecular flexibility index (Phi) is 3.79. The van der Waals surface area contributed by atoms with Gasteiger partial charge in [-0.3, -0.25) is 14.9 Å². The summed E-state index contributed by atoms with van der Waals surface area (Å²) in [6.45, 7) is 0. The third-order valence-electron chi connectivity index (χ3n) is 2.67. The lowest BCUT2D eigenvalue weighted by atomic mass is 10.1. The molecule has 6 nitrogen and oxygen atoms in total. The third-order valence-corrected chi connectivity index (χ3v) is 2.67. The Hall–Kier alpha value is -3.03. The average Bonchev–Trinajstić information content (AvgIpc) is 2.43. The van der Waals surface area contributed by atoms with Gasteiger partial charge in [-0.25, -0.2) is 8.78 Å². The van der Waals surface area contributed by atoms with E-state index >= 15 is 0 Å².